The Morgan fingerprint density at radius 1 is 1.10 bits per heavy atom. The van der Waals surface area contributed by atoms with Crippen molar-refractivity contribution in [2.45, 2.75) is 44.2 Å². The molecule has 3 aliphatic heterocycles. The Hall–Kier alpha value is -2.03. The van der Waals surface area contributed by atoms with Gasteiger partial charge in [0.15, 0.2) is 0 Å². The number of methoxy groups -OCH3 is 1. The predicted octanol–water partition coefficient (Wildman–Crippen LogP) is 1.45. The zero-order valence-electron chi connectivity index (χ0n) is 22.8. The zero-order chi connectivity index (χ0) is 28.7. The summed E-state index contributed by atoms with van der Waals surface area (Å²) in [5, 5.41) is 1.04. The fourth-order valence-corrected chi connectivity index (χ4v) is 7.52. The van der Waals surface area contributed by atoms with Crippen molar-refractivity contribution in [1.82, 2.24) is 24.3 Å². The summed E-state index contributed by atoms with van der Waals surface area (Å²) in [4.78, 5) is 46.9. The number of nitrogens with one attached hydrogen (secondary N) is 1. The van der Waals surface area contributed by atoms with Crippen molar-refractivity contribution in [3.05, 3.63) is 26.8 Å². The molecule has 3 amide bonds. The summed E-state index contributed by atoms with van der Waals surface area (Å²) >= 11 is 7.15. The van der Waals surface area contributed by atoms with E-state index in [1.54, 1.807) is 19.2 Å². The second kappa shape index (κ2) is 14.2. The van der Waals surface area contributed by atoms with Crippen molar-refractivity contribution in [1.29, 1.82) is 0 Å². The van der Waals surface area contributed by atoms with Gasteiger partial charge in [0.2, 0.25) is 27.7 Å². The van der Waals surface area contributed by atoms with E-state index in [-0.39, 0.29) is 30.3 Å². The minimum absolute atomic E-state index is 0.0567. The van der Waals surface area contributed by atoms with E-state index in [0.717, 1.165) is 37.9 Å². The fourth-order valence-electron chi connectivity index (χ4n) is 5.45. The van der Waals surface area contributed by atoms with Crippen LogP contribution in [0.25, 0.3) is 6.08 Å². The summed E-state index contributed by atoms with van der Waals surface area (Å²) in [7, 11) is -2.27. The number of piperidine rings is 1. The lowest BCUT2D eigenvalue weighted by Gasteiger charge is -2.38. The van der Waals surface area contributed by atoms with Gasteiger partial charge in [0, 0.05) is 69.3 Å². The van der Waals surface area contributed by atoms with Crippen molar-refractivity contribution in [3.8, 4) is 0 Å². The summed E-state index contributed by atoms with van der Waals surface area (Å²) in [6.45, 7) is 5.03. The van der Waals surface area contributed by atoms with Gasteiger partial charge in [0.1, 0.15) is 6.04 Å². The summed E-state index contributed by atoms with van der Waals surface area (Å²) in [6.07, 6.45) is 4.63. The number of carbonyl (C=O) groups is 3. The van der Waals surface area contributed by atoms with E-state index in [1.807, 2.05) is 9.80 Å². The Balaban J connectivity index is 1.26. The van der Waals surface area contributed by atoms with E-state index in [4.69, 9.17) is 16.3 Å². The summed E-state index contributed by atoms with van der Waals surface area (Å²) < 4.78 is 33.2. The first-order valence-corrected chi connectivity index (χ1v) is 16.4. The Morgan fingerprint density at radius 3 is 2.55 bits per heavy atom. The van der Waals surface area contributed by atoms with Gasteiger partial charge in [-0.3, -0.25) is 19.3 Å². The van der Waals surface area contributed by atoms with E-state index in [2.05, 4.69) is 9.62 Å². The van der Waals surface area contributed by atoms with Crippen LogP contribution in [0.15, 0.2) is 17.5 Å². The molecule has 0 aliphatic carbocycles. The van der Waals surface area contributed by atoms with Gasteiger partial charge in [-0.25, -0.2) is 8.42 Å². The first-order chi connectivity index (χ1) is 19.1. The molecule has 1 aromatic rings. The van der Waals surface area contributed by atoms with Crippen LogP contribution in [0, 0.1) is 0 Å². The molecule has 3 saturated heterocycles. The molecule has 0 radical (unpaired) electrons. The molecule has 1 aromatic heterocycles. The maximum atomic E-state index is 13.3. The highest BCUT2D eigenvalue weighted by Gasteiger charge is 2.36. The van der Waals surface area contributed by atoms with Crippen LogP contribution in [0.5, 0.6) is 0 Å². The lowest BCUT2D eigenvalue weighted by Crippen LogP contribution is -2.56. The standard InChI is InChI=1S/C26H38ClN5O6S2/c1-38-16-8-24(33)30-14-12-29(13-15-30)18-20-4-2-11-32(20)25(34)19-31-10-3-5-22(26(31)35)28-40(36,37)17-9-21-6-7-23(27)39-21/h6-7,9,17,20,22,28H,2-5,8,10-16,18-19H2,1H3/t20-,22-/m0/s1. The summed E-state index contributed by atoms with van der Waals surface area (Å²) in [5.74, 6) is -0.377. The molecular weight excluding hydrogens is 578 g/mol. The molecule has 40 heavy (non-hydrogen) atoms. The molecule has 0 aromatic carbocycles. The number of piperazine rings is 1. The van der Waals surface area contributed by atoms with Crippen molar-refractivity contribution in [3.63, 3.8) is 0 Å². The van der Waals surface area contributed by atoms with Crippen LogP contribution in [0.1, 0.15) is 37.0 Å². The number of nitrogens with zero attached hydrogens (tertiary/aromatic N) is 4. The highest BCUT2D eigenvalue weighted by molar-refractivity contribution is 7.92. The highest BCUT2D eigenvalue weighted by atomic mass is 35.5. The normalized spacial score (nSPS) is 22.9. The number of ether oxygens (including phenoxy) is 1. The number of hydrogen-bond donors (Lipinski definition) is 1. The van der Waals surface area contributed by atoms with E-state index < -0.39 is 16.1 Å². The molecular formula is C26H38ClN5O6S2. The third-order valence-electron chi connectivity index (χ3n) is 7.58. The average Bonchev–Trinajstić information content (AvgIpc) is 3.57. The molecule has 0 spiro atoms. The third-order valence-corrected chi connectivity index (χ3v) is 9.88. The molecule has 11 nitrogen and oxygen atoms in total. The van der Waals surface area contributed by atoms with Crippen LogP contribution in [0.3, 0.4) is 0 Å². The number of carbonyl (C=O) groups excluding carboxylic acids is 3. The number of rotatable bonds is 11. The molecule has 1 N–H and O–H groups in total. The molecule has 14 heteroatoms. The quantitative estimate of drug-likeness (QED) is 0.400. The molecule has 0 bridgehead atoms. The number of hydrogen-bond acceptors (Lipinski definition) is 8. The molecule has 2 atom stereocenters. The molecule has 222 valence electrons. The Kier molecular flexibility index (Phi) is 11.0. The third kappa shape index (κ3) is 8.49. The second-order valence-electron chi connectivity index (χ2n) is 10.4. The summed E-state index contributed by atoms with van der Waals surface area (Å²) in [6, 6.07) is 2.56. The Labute approximate surface area is 245 Å². The molecule has 0 unspecified atom stereocenters. The Morgan fingerprint density at radius 2 is 1.85 bits per heavy atom. The van der Waals surface area contributed by atoms with Crippen molar-refractivity contribution >= 4 is 56.8 Å². The number of halogens is 1. The largest absolute Gasteiger partial charge is 0.384 e. The van der Waals surface area contributed by atoms with Crippen LogP contribution < -0.4 is 4.72 Å². The SMILES string of the molecule is COCCC(=O)N1CCN(C[C@@H]2CCCN2C(=O)CN2CCC[C@H](NS(=O)(=O)C=Cc3ccc(Cl)s3)C2=O)CC1. The minimum Gasteiger partial charge on any atom is -0.384 e. The predicted molar refractivity (Wildman–Crippen MR) is 154 cm³/mol. The Bertz CT molecular complexity index is 1180. The first-order valence-electron chi connectivity index (χ1n) is 13.7. The van der Waals surface area contributed by atoms with Crippen molar-refractivity contribution < 1.29 is 27.5 Å². The molecule has 0 saturated carbocycles. The zero-order valence-corrected chi connectivity index (χ0v) is 25.2. The lowest BCUT2D eigenvalue weighted by atomic mass is 10.1. The monoisotopic (exact) mass is 615 g/mol. The lowest BCUT2D eigenvalue weighted by molar-refractivity contribution is -0.143. The van der Waals surface area contributed by atoms with Gasteiger partial charge in [-0.2, -0.15) is 4.72 Å². The van der Waals surface area contributed by atoms with Gasteiger partial charge < -0.3 is 19.4 Å². The van der Waals surface area contributed by atoms with Crippen molar-refractivity contribution in [2.24, 2.45) is 0 Å². The van der Waals surface area contributed by atoms with Gasteiger partial charge in [-0.15, -0.1) is 11.3 Å². The van der Waals surface area contributed by atoms with Crippen LogP contribution in [0.2, 0.25) is 4.34 Å². The van der Waals surface area contributed by atoms with E-state index in [9.17, 15) is 22.8 Å². The smallest absolute Gasteiger partial charge is 0.242 e. The number of sulfonamides is 1. The topological polar surface area (TPSA) is 120 Å². The van der Waals surface area contributed by atoms with E-state index in [1.165, 1.54) is 22.3 Å². The molecule has 3 fully saturated rings. The van der Waals surface area contributed by atoms with E-state index in [0.29, 0.717) is 61.3 Å². The van der Waals surface area contributed by atoms with Gasteiger partial charge in [-0.05, 0) is 43.9 Å². The van der Waals surface area contributed by atoms with Crippen LogP contribution in [-0.4, -0.2) is 124 Å². The summed E-state index contributed by atoms with van der Waals surface area (Å²) in [5.41, 5.74) is 0. The van der Waals surface area contributed by atoms with Gasteiger partial charge in [0.05, 0.1) is 23.9 Å². The average molecular weight is 616 g/mol. The molecule has 4 rings (SSSR count). The highest BCUT2D eigenvalue weighted by Crippen LogP contribution is 2.23. The number of thiophene rings is 1. The van der Waals surface area contributed by atoms with Gasteiger partial charge >= 0.3 is 0 Å². The van der Waals surface area contributed by atoms with Crippen LogP contribution >= 0.6 is 22.9 Å². The maximum Gasteiger partial charge on any atom is 0.242 e. The maximum absolute atomic E-state index is 13.3. The number of likely N-dealkylation sites (tertiary alicyclic amines) is 2. The van der Waals surface area contributed by atoms with Crippen molar-refractivity contribution in [2.75, 3.05) is 66.1 Å². The fraction of sp³-hybridized carbons (Fsp3) is 0.654. The minimum atomic E-state index is -3.86. The van der Waals surface area contributed by atoms with Gasteiger partial charge in [0.25, 0.3) is 0 Å². The second-order valence-corrected chi connectivity index (χ2v) is 13.7. The van der Waals surface area contributed by atoms with Crippen LogP contribution in [0.4, 0.5) is 0 Å². The van der Waals surface area contributed by atoms with Crippen LogP contribution in [-0.2, 0) is 29.1 Å². The number of amides is 3. The van der Waals surface area contributed by atoms with Gasteiger partial charge in [-0.1, -0.05) is 11.6 Å². The van der Waals surface area contributed by atoms with E-state index >= 15 is 0 Å². The molecule has 4 heterocycles. The molecule has 3 aliphatic rings. The first kappa shape index (κ1) is 30.9.